The van der Waals surface area contributed by atoms with Crippen molar-refractivity contribution in [2.45, 2.75) is 36.9 Å². The molecule has 1 fully saturated rings. The summed E-state index contributed by atoms with van der Waals surface area (Å²) in [6, 6.07) is 4.10. The molecule has 1 aromatic rings. The summed E-state index contributed by atoms with van der Waals surface area (Å²) in [6.45, 7) is 0. The zero-order valence-electron chi connectivity index (χ0n) is 8.59. The van der Waals surface area contributed by atoms with E-state index in [1.807, 2.05) is 0 Å². The second kappa shape index (κ2) is 3.00. The van der Waals surface area contributed by atoms with E-state index in [-0.39, 0.29) is 17.9 Å². The van der Waals surface area contributed by atoms with Crippen LogP contribution in [0.3, 0.4) is 0 Å². The Labute approximate surface area is 91.4 Å². The Morgan fingerprint density at radius 3 is 2.31 bits per heavy atom. The summed E-state index contributed by atoms with van der Waals surface area (Å²) in [7, 11) is 0. The monoisotopic (exact) mass is 227 g/mol. The van der Waals surface area contributed by atoms with E-state index in [2.05, 4.69) is 0 Å². The van der Waals surface area contributed by atoms with Gasteiger partial charge in [0, 0.05) is 6.04 Å². The maximum atomic E-state index is 12.6. The molecule has 2 aliphatic rings. The van der Waals surface area contributed by atoms with Gasteiger partial charge in [-0.15, -0.1) is 0 Å². The van der Waals surface area contributed by atoms with Gasteiger partial charge in [0.1, 0.15) is 0 Å². The number of hydrogen-bond donors (Lipinski definition) is 1. The molecule has 0 aliphatic heterocycles. The first-order valence-corrected chi connectivity index (χ1v) is 5.45. The van der Waals surface area contributed by atoms with Gasteiger partial charge in [-0.1, -0.05) is 6.07 Å². The number of halogens is 3. The lowest BCUT2D eigenvalue weighted by atomic mass is 9.90. The molecule has 4 heteroatoms. The molecule has 2 unspecified atom stereocenters. The molecule has 0 radical (unpaired) electrons. The van der Waals surface area contributed by atoms with Gasteiger partial charge in [0.05, 0.1) is 5.56 Å². The smallest absolute Gasteiger partial charge is 0.327 e. The number of benzene rings is 1. The second-order valence-corrected chi connectivity index (χ2v) is 4.71. The highest BCUT2D eigenvalue weighted by atomic mass is 19.4. The highest BCUT2D eigenvalue weighted by Gasteiger charge is 2.44. The minimum Gasteiger partial charge on any atom is -0.327 e. The van der Waals surface area contributed by atoms with Crippen molar-refractivity contribution in [3.63, 3.8) is 0 Å². The molecular formula is C12H12F3N. The van der Waals surface area contributed by atoms with Gasteiger partial charge in [0.25, 0.3) is 0 Å². The fraction of sp³-hybridized carbons (Fsp3) is 0.500. The van der Waals surface area contributed by atoms with Crippen LogP contribution in [-0.2, 0) is 6.18 Å². The Morgan fingerprint density at radius 2 is 1.69 bits per heavy atom. The van der Waals surface area contributed by atoms with Crippen LogP contribution in [-0.4, -0.2) is 6.04 Å². The molecule has 0 spiro atoms. The van der Waals surface area contributed by atoms with Crippen LogP contribution in [0.25, 0.3) is 0 Å². The van der Waals surface area contributed by atoms with E-state index < -0.39 is 11.7 Å². The van der Waals surface area contributed by atoms with Gasteiger partial charge in [-0.25, -0.2) is 0 Å². The summed E-state index contributed by atoms with van der Waals surface area (Å²) in [4.78, 5) is 0. The van der Waals surface area contributed by atoms with E-state index >= 15 is 0 Å². The van der Waals surface area contributed by atoms with Crippen molar-refractivity contribution in [2.24, 2.45) is 5.73 Å². The Morgan fingerprint density at radius 1 is 1.06 bits per heavy atom. The van der Waals surface area contributed by atoms with Gasteiger partial charge in [0.2, 0.25) is 0 Å². The lowest BCUT2D eigenvalue weighted by Crippen LogP contribution is -2.22. The lowest BCUT2D eigenvalue weighted by Gasteiger charge is -2.16. The normalized spacial score (nSPS) is 31.9. The summed E-state index contributed by atoms with van der Waals surface area (Å²) in [5.41, 5.74) is 7.33. The quantitative estimate of drug-likeness (QED) is 0.724. The maximum absolute atomic E-state index is 12.6. The second-order valence-electron chi connectivity index (χ2n) is 4.71. The molecule has 1 saturated carbocycles. The molecule has 0 aromatic heterocycles. The van der Waals surface area contributed by atoms with Crippen LogP contribution < -0.4 is 5.73 Å². The van der Waals surface area contributed by atoms with Gasteiger partial charge in [-0.05, 0) is 47.9 Å². The molecule has 2 N–H and O–H groups in total. The SMILES string of the molecule is N[C@H]1C2CCC1c1cc(C(F)(F)F)ccc12. The van der Waals surface area contributed by atoms with Crippen LogP contribution >= 0.6 is 0 Å². The zero-order valence-corrected chi connectivity index (χ0v) is 8.59. The molecular weight excluding hydrogens is 215 g/mol. The van der Waals surface area contributed by atoms with Crippen molar-refractivity contribution >= 4 is 0 Å². The first kappa shape index (κ1) is 10.1. The predicted molar refractivity (Wildman–Crippen MR) is 54.1 cm³/mol. The molecule has 16 heavy (non-hydrogen) atoms. The van der Waals surface area contributed by atoms with E-state index in [4.69, 9.17) is 5.73 Å². The van der Waals surface area contributed by atoms with Gasteiger partial charge in [-0.2, -0.15) is 13.2 Å². The van der Waals surface area contributed by atoms with E-state index in [1.165, 1.54) is 12.1 Å². The van der Waals surface area contributed by atoms with Crippen LogP contribution in [0, 0.1) is 0 Å². The van der Waals surface area contributed by atoms with Crippen molar-refractivity contribution in [3.8, 4) is 0 Å². The van der Waals surface area contributed by atoms with Crippen molar-refractivity contribution in [1.29, 1.82) is 0 Å². The zero-order chi connectivity index (χ0) is 11.5. The first-order chi connectivity index (χ1) is 7.48. The Kier molecular flexibility index (Phi) is 1.90. The third kappa shape index (κ3) is 1.22. The Bertz CT molecular complexity index is 438. The van der Waals surface area contributed by atoms with Crippen molar-refractivity contribution in [2.75, 3.05) is 0 Å². The summed E-state index contributed by atoms with van der Waals surface area (Å²) in [6.07, 6.45) is -2.30. The molecule has 0 saturated heterocycles. The van der Waals surface area contributed by atoms with E-state index in [1.54, 1.807) is 6.07 Å². The standard InChI is InChI=1S/C12H12F3N/c13-12(14,15)6-1-2-7-8-3-4-9(11(8)16)10(7)5-6/h1-2,5,8-9,11H,3-4,16H2/t8?,9?,11-/m0/s1. The average Bonchev–Trinajstić information content (AvgIpc) is 2.71. The average molecular weight is 227 g/mol. The Balaban J connectivity index is 2.09. The van der Waals surface area contributed by atoms with Crippen LogP contribution in [0.4, 0.5) is 13.2 Å². The predicted octanol–water partition coefficient (Wildman–Crippen LogP) is 3.01. The third-order valence-corrected chi connectivity index (χ3v) is 3.93. The molecule has 2 bridgehead atoms. The fourth-order valence-corrected chi connectivity index (χ4v) is 3.16. The number of nitrogens with two attached hydrogens (primary N) is 1. The molecule has 1 nitrogen and oxygen atoms in total. The minimum atomic E-state index is -4.25. The highest BCUT2D eigenvalue weighted by molar-refractivity contribution is 5.46. The van der Waals surface area contributed by atoms with Gasteiger partial charge >= 0.3 is 6.18 Å². The molecule has 2 aliphatic carbocycles. The maximum Gasteiger partial charge on any atom is 0.416 e. The van der Waals surface area contributed by atoms with Crippen molar-refractivity contribution in [1.82, 2.24) is 0 Å². The van der Waals surface area contributed by atoms with Crippen molar-refractivity contribution in [3.05, 3.63) is 34.9 Å². The van der Waals surface area contributed by atoms with E-state index in [0.717, 1.165) is 24.0 Å². The largest absolute Gasteiger partial charge is 0.416 e. The third-order valence-electron chi connectivity index (χ3n) is 3.93. The molecule has 3 rings (SSSR count). The molecule has 0 heterocycles. The summed E-state index contributed by atoms with van der Waals surface area (Å²) in [5.74, 6) is 0.421. The van der Waals surface area contributed by atoms with E-state index in [0.29, 0.717) is 0 Å². The van der Waals surface area contributed by atoms with E-state index in [9.17, 15) is 13.2 Å². The first-order valence-electron chi connectivity index (χ1n) is 5.45. The summed E-state index contributed by atoms with van der Waals surface area (Å²) >= 11 is 0. The Hall–Kier alpha value is -1.03. The lowest BCUT2D eigenvalue weighted by molar-refractivity contribution is -0.137. The van der Waals surface area contributed by atoms with Crippen LogP contribution in [0.1, 0.15) is 41.4 Å². The topological polar surface area (TPSA) is 26.0 Å². The molecule has 3 atom stereocenters. The van der Waals surface area contributed by atoms with Gasteiger partial charge in [0.15, 0.2) is 0 Å². The summed E-state index contributed by atoms with van der Waals surface area (Å²) in [5, 5.41) is 0. The number of alkyl halides is 3. The fourth-order valence-electron chi connectivity index (χ4n) is 3.16. The minimum absolute atomic E-state index is 0.0264. The van der Waals surface area contributed by atoms with Crippen LogP contribution in [0.5, 0.6) is 0 Å². The molecule has 86 valence electrons. The number of fused-ring (bicyclic) bond motifs is 5. The van der Waals surface area contributed by atoms with Crippen LogP contribution in [0.2, 0.25) is 0 Å². The number of hydrogen-bond acceptors (Lipinski definition) is 1. The van der Waals surface area contributed by atoms with Crippen LogP contribution in [0.15, 0.2) is 18.2 Å². The summed E-state index contributed by atoms with van der Waals surface area (Å²) < 4.78 is 37.7. The highest BCUT2D eigenvalue weighted by Crippen LogP contribution is 2.52. The number of rotatable bonds is 0. The molecule has 0 amide bonds. The van der Waals surface area contributed by atoms with Gasteiger partial charge < -0.3 is 5.73 Å². The van der Waals surface area contributed by atoms with Crippen molar-refractivity contribution < 1.29 is 13.2 Å². The molecule has 1 aromatic carbocycles. The van der Waals surface area contributed by atoms with Gasteiger partial charge in [-0.3, -0.25) is 0 Å².